The summed E-state index contributed by atoms with van der Waals surface area (Å²) in [6.07, 6.45) is 0.864. The number of thioether (sulfide) groups is 1. The van der Waals surface area contributed by atoms with Crippen LogP contribution < -0.4 is 5.32 Å². The summed E-state index contributed by atoms with van der Waals surface area (Å²) >= 11 is 1.39. The van der Waals surface area contributed by atoms with Crippen molar-refractivity contribution in [1.29, 1.82) is 0 Å². The van der Waals surface area contributed by atoms with Gasteiger partial charge in [-0.15, -0.1) is 10.2 Å². The van der Waals surface area contributed by atoms with Crippen molar-refractivity contribution in [2.75, 3.05) is 11.1 Å². The third-order valence-electron chi connectivity index (χ3n) is 5.94. The third-order valence-corrected chi connectivity index (χ3v) is 6.87. The van der Waals surface area contributed by atoms with Crippen LogP contribution in [-0.2, 0) is 16.6 Å². The number of nitrogens with zero attached hydrogens (tertiary/aromatic N) is 3. The number of hydrogen-bond donors (Lipinski definition) is 1. The molecule has 1 heterocycles. The molecule has 0 fully saturated rings. The standard InChI is InChI=1S/C29H32N4OS/c1-6-21-9-7-8-10-25(21)30-26(34)19-35-28-32-31-27(33(28)24-17-11-20(2)12-18-24)22-13-15-23(16-14-22)29(3,4)5/h7-18H,6,19H2,1-5H3,(H,30,34). The summed E-state index contributed by atoms with van der Waals surface area (Å²) in [5.41, 5.74) is 6.46. The number of aryl methyl sites for hydroxylation is 2. The predicted octanol–water partition coefficient (Wildman–Crippen LogP) is 6.83. The molecule has 0 bridgehead atoms. The molecule has 5 nitrogen and oxygen atoms in total. The summed E-state index contributed by atoms with van der Waals surface area (Å²) in [5, 5.41) is 12.7. The van der Waals surface area contributed by atoms with Crippen molar-refractivity contribution in [2.24, 2.45) is 0 Å². The van der Waals surface area contributed by atoms with E-state index in [1.54, 1.807) is 0 Å². The van der Waals surface area contributed by atoms with Crippen LogP contribution in [0, 0.1) is 6.92 Å². The van der Waals surface area contributed by atoms with Crippen LogP contribution in [-0.4, -0.2) is 26.4 Å². The van der Waals surface area contributed by atoms with Gasteiger partial charge in [0.1, 0.15) is 0 Å². The molecule has 0 radical (unpaired) electrons. The Morgan fingerprint density at radius 3 is 2.29 bits per heavy atom. The van der Waals surface area contributed by atoms with E-state index >= 15 is 0 Å². The molecule has 6 heteroatoms. The molecule has 0 aliphatic carbocycles. The first-order chi connectivity index (χ1) is 16.8. The number of nitrogens with one attached hydrogen (secondary N) is 1. The SMILES string of the molecule is CCc1ccccc1NC(=O)CSc1nnc(-c2ccc(C(C)(C)C)cc2)n1-c1ccc(C)cc1. The highest BCUT2D eigenvalue weighted by Gasteiger charge is 2.19. The van der Waals surface area contributed by atoms with Gasteiger partial charge in [-0.1, -0.05) is 99.6 Å². The molecule has 3 aromatic carbocycles. The van der Waals surface area contributed by atoms with Crippen molar-refractivity contribution in [1.82, 2.24) is 14.8 Å². The van der Waals surface area contributed by atoms with Crippen LogP contribution >= 0.6 is 11.8 Å². The summed E-state index contributed by atoms with van der Waals surface area (Å²) < 4.78 is 2.03. The minimum absolute atomic E-state index is 0.0644. The van der Waals surface area contributed by atoms with Crippen molar-refractivity contribution < 1.29 is 4.79 Å². The zero-order chi connectivity index (χ0) is 25.0. The van der Waals surface area contributed by atoms with Crippen LogP contribution in [0.2, 0.25) is 0 Å². The molecular formula is C29H32N4OS. The van der Waals surface area contributed by atoms with Crippen molar-refractivity contribution in [3.63, 3.8) is 0 Å². The Hall–Kier alpha value is -3.38. The van der Waals surface area contributed by atoms with Crippen LogP contribution in [0.5, 0.6) is 0 Å². The molecule has 0 saturated heterocycles. The lowest BCUT2D eigenvalue weighted by molar-refractivity contribution is -0.113. The zero-order valence-corrected chi connectivity index (χ0v) is 21.8. The van der Waals surface area contributed by atoms with Crippen molar-refractivity contribution >= 4 is 23.4 Å². The fourth-order valence-corrected chi connectivity index (χ4v) is 4.62. The number of amides is 1. The van der Waals surface area contributed by atoms with Gasteiger partial charge in [-0.25, -0.2) is 0 Å². The molecule has 4 aromatic rings. The van der Waals surface area contributed by atoms with E-state index in [9.17, 15) is 4.79 Å². The maximum Gasteiger partial charge on any atom is 0.234 e. The molecular weight excluding hydrogens is 452 g/mol. The molecule has 0 spiro atoms. The van der Waals surface area contributed by atoms with E-state index in [0.717, 1.165) is 34.7 Å². The van der Waals surface area contributed by atoms with E-state index in [1.807, 2.05) is 28.8 Å². The number of hydrogen-bond acceptors (Lipinski definition) is 4. The lowest BCUT2D eigenvalue weighted by Crippen LogP contribution is -2.15. The second-order valence-corrected chi connectivity index (χ2v) is 10.6. The van der Waals surface area contributed by atoms with Gasteiger partial charge in [0.05, 0.1) is 5.75 Å². The predicted molar refractivity (Wildman–Crippen MR) is 145 cm³/mol. The average molecular weight is 485 g/mol. The monoisotopic (exact) mass is 484 g/mol. The number of carbonyl (C=O) groups excluding carboxylic acids is 1. The largest absolute Gasteiger partial charge is 0.325 e. The zero-order valence-electron chi connectivity index (χ0n) is 21.0. The van der Waals surface area contributed by atoms with Crippen molar-refractivity contribution in [3.8, 4) is 17.1 Å². The molecule has 1 amide bonds. The minimum atomic E-state index is -0.0644. The van der Waals surface area contributed by atoms with Gasteiger partial charge in [0.25, 0.3) is 0 Å². The van der Waals surface area contributed by atoms with Crippen LogP contribution in [0.4, 0.5) is 5.69 Å². The maximum atomic E-state index is 12.8. The Morgan fingerprint density at radius 1 is 0.943 bits per heavy atom. The first-order valence-electron chi connectivity index (χ1n) is 11.9. The second kappa shape index (κ2) is 10.5. The minimum Gasteiger partial charge on any atom is -0.325 e. The van der Waals surface area contributed by atoms with Gasteiger partial charge in [-0.3, -0.25) is 9.36 Å². The number of anilines is 1. The van der Waals surface area contributed by atoms with E-state index in [0.29, 0.717) is 5.16 Å². The fourth-order valence-electron chi connectivity index (χ4n) is 3.86. The molecule has 35 heavy (non-hydrogen) atoms. The van der Waals surface area contributed by atoms with Gasteiger partial charge < -0.3 is 5.32 Å². The quantitative estimate of drug-likeness (QED) is 0.292. The van der Waals surface area contributed by atoms with Gasteiger partial charge in [0.2, 0.25) is 5.91 Å². The first kappa shape index (κ1) is 24.7. The Labute approximate surface area is 212 Å². The van der Waals surface area contributed by atoms with Gasteiger partial charge in [0, 0.05) is 16.9 Å². The number of aromatic nitrogens is 3. The summed E-state index contributed by atoms with van der Waals surface area (Å²) in [7, 11) is 0. The first-order valence-corrected chi connectivity index (χ1v) is 12.9. The molecule has 0 aliphatic heterocycles. The van der Waals surface area contributed by atoms with E-state index < -0.39 is 0 Å². The molecule has 0 aliphatic rings. The van der Waals surface area contributed by atoms with Gasteiger partial charge in [0.15, 0.2) is 11.0 Å². The molecule has 1 N–H and O–H groups in total. The van der Waals surface area contributed by atoms with E-state index in [-0.39, 0.29) is 17.1 Å². The Kier molecular flexibility index (Phi) is 7.41. The third kappa shape index (κ3) is 5.82. The summed E-state index contributed by atoms with van der Waals surface area (Å²) in [6, 6.07) is 24.7. The van der Waals surface area contributed by atoms with Gasteiger partial charge in [-0.2, -0.15) is 0 Å². The molecule has 1 aromatic heterocycles. The van der Waals surface area contributed by atoms with Crippen LogP contribution in [0.1, 0.15) is 44.4 Å². The Balaban J connectivity index is 1.61. The van der Waals surface area contributed by atoms with Crippen LogP contribution in [0.3, 0.4) is 0 Å². The highest BCUT2D eigenvalue weighted by molar-refractivity contribution is 7.99. The Morgan fingerprint density at radius 2 is 1.63 bits per heavy atom. The number of benzene rings is 3. The molecule has 0 saturated carbocycles. The fraction of sp³-hybridized carbons (Fsp3) is 0.276. The van der Waals surface area contributed by atoms with E-state index in [2.05, 4.69) is 98.7 Å². The average Bonchev–Trinajstić information content (AvgIpc) is 3.27. The number of carbonyl (C=O) groups is 1. The van der Waals surface area contributed by atoms with Crippen molar-refractivity contribution in [2.45, 2.75) is 51.6 Å². The highest BCUT2D eigenvalue weighted by Crippen LogP contribution is 2.30. The normalized spacial score (nSPS) is 11.5. The second-order valence-electron chi connectivity index (χ2n) is 9.65. The summed E-state index contributed by atoms with van der Waals surface area (Å²) in [5.74, 6) is 0.935. The molecule has 180 valence electrons. The maximum absolute atomic E-state index is 12.8. The Bertz CT molecular complexity index is 1300. The van der Waals surface area contributed by atoms with E-state index in [4.69, 9.17) is 0 Å². The topological polar surface area (TPSA) is 59.8 Å². The summed E-state index contributed by atoms with van der Waals surface area (Å²) in [6.45, 7) is 10.8. The van der Waals surface area contributed by atoms with Crippen LogP contribution in [0.25, 0.3) is 17.1 Å². The number of rotatable bonds is 7. The van der Waals surface area contributed by atoms with Crippen molar-refractivity contribution in [3.05, 3.63) is 89.5 Å². The van der Waals surface area contributed by atoms with Crippen LogP contribution in [0.15, 0.2) is 78.0 Å². The van der Waals surface area contributed by atoms with Gasteiger partial charge >= 0.3 is 0 Å². The highest BCUT2D eigenvalue weighted by atomic mass is 32.2. The van der Waals surface area contributed by atoms with E-state index in [1.165, 1.54) is 22.9 Å². The van der Waals surface area contributed by atoms with Gasteiger partial charge in [-0.05, 0) is 48.1 Å². The lowest BCUT2D eigenvalue weighted by atomic mass is 9.87. The number of para-hydroxylation sites is 1. The summed E-state index contributed by atoms with van der Waals surface area (Å²) in [4.78, 5) is 12.8. The lowest BCUT2D eigenvalue weighted by Gasteiger charge is -2.19. The molecule has 4 rings (SSSR count). The molecule has 0 atom stereocenters. The molecule has 0 unspecified atom stereocenters. The smallest absolute Gasteiger partial charge is 0.234 e.